The van der Waals surface area contributed by atoms with E-state index in [1.807, 2.05) is 31.2 Å². The van der Waals surface area contributed by atoms with E-state index in [2.05, 4.69) is 12.2 Å². The third-order valence-electron chi connectivity index (χ3n) is 4.16. The van der Waals surface area contributed by atoms with Gasteiger partial charge in [-0.2, -0.15) is 0 Å². The van der Waals surface area contributed by atoms with Gasteiger partial charge in [0.2, 0.25) is 5.91 Å². The van der Waals surface area contributed by atoms with Crippen LogP contribution in [0.4, 0.5) is 0 Å². The molecule has 1 aromatic rings. The van der Waals surface area contributed by atoms with Gasteiger partial charge in [0.05, 0.1) is 0 Å². The van der Waals surface area contributed by atoms with Gasteiger partial charge in [-0.1, -0.05) is 44.5 Å². The number of aryl methyl sites for hydroxylation is 1. The monoisotopic (exact) mass is 261 g/mol. The van der Waals surface area contributed by atoms with Crippen molar-refractivity contribution in [2.75, 3.05) is 0 Å². The number of carbonyl (C=O) groups excluding carboxylic acids is 1. The largest absolute Gasteiger partial charge is 0.367 e. The maximum absolute atomic E-state index is 12.1. The zero-order valence-corrected chi connectivity index (χ0v) is 11.8. The summed E-state index contributed by atoms with van der Waals surface area (Å²) < 4.78 is 0. The molecule has 19 heavy (non-hydrogen) atoms. The van der Waals surface area contributed by atoms with E-state index in [4.69, 9.17) is 0 Å². The first-order valence-electron chi connectivity index (χ1n) is 7.23. The fourth-order valence-electron chi connectivity index (χ4n) is 2.55. The standard InChI is InChI=1S/C16H23NO2/c1-3-12-8-5-6-11-14(12)16(19,4-2)17-15(18)13-9-7-10-13/h5-6,8,11,13,19H,3-4,7,9-10H2,1-2H3,(H,17,18). The molecule has 1 fully saturated rings. The molecule has 1 saturated carbocycles. The van der Waals surface area contributed by atoms with Gasteiger partial charge in [-0.3, -0.25) is 4.79 Å². The average Bonchev–Trinajstić information content (AvgIpc) is 2.36. The SMILES string of the molecule is CCc1ccccc1C(O)(CC)NC(=O)C1CCC1. The summed E-state index contributed by atoms with van der Waals surface area (Å²) in [6.07, 6.45) is 4.33. The molecule has 2 N–H and O–H groups in total. The van der Waals surface area contributed by atoms with Crippen LogP contribution < -0.4 is 5.32 Å². The molecule has 1 atom stereocenters. The topological polar surface area (TPSA) is 49.3 Å². The smallest absolute Gasteiger partial charge is 0.225 e. The van der Waals surface area contributed by atoms with Crippen LogP contribution in [-0.4, -0.2) is 11.0 Å². The molecule has 1 amide bonds. The molecule has 1 aromatic carbocycles. The number of hydrogen-bond acceptors (Lipinski definition) is 2. The molecule has 0 aromatic heterocycles. The Morgan fingerprint density at radius 2 is 2.05 bits per heavy atom. The summed E-state index contributed by atoms with van der Waals surface area (Å²) in [7, 11) is 0. The van der Waals surface area contributed by atoms with Crippen LogP contribution in [0.5, 0.6) is 0 Å². The molecule has 0 radical (unpaired) electrons. The summed E-state index contributed by atoms with van der Waals surface area (Å²) in [5.41, 5.74) is 0.674. The molecule has 0 aliphatic heterocycles. The maximum atomic E-state index is 12.1. The first-order valence-corrected chi connectivity index (χ1v) is 7.23. The lowest BCUT2D eigenvalue weighted by molar-refractivity contribution is -0.136. The highest BCUT2D eigenvalue weighted by Crippen LogP contribution is 2.30. The highest BCUT2D eigenvalue weighted by atomic mass is 16.3. The molecular weight excluding hydrogens is 238 g/mol. The zero-order chi connectivity index (χ0) is 13.9. The van der Waals surface area contributed by atoms with E-state index >= 15 is 0 Å². The van der Waals surface area contributed by atoms with E-state index in [0.717, 1.165) is 36.8 Å². The van der Waals surface area contributed by atoms with Gasteiger partial charge in [-0.15, -0.1) is 0 Å². The number of amides is 1. The molecule has 3 nitrogen and oxygen atoms in total. The molecule has 2 rings (SSSR count). The Bertz CT molecular complexity index is 454. The predicted molar refractivity (Wildman–Crippen MR) is 75.5 cm³/mol. The predicted octanol–water partition coefficient (Wildman–Crippen LogP) is 2.72. The van der Waals surface area contributed by atoms with Crippen molar-refractivity contribution in [1.29, 1.82) is 0 Å². The second-order valence-electron chi connectivity index (χ2n) is 5.34. The fraction of sp³-hybridized carbons (Fsp3) is 0.562. The molecule has 0 bridgehead atoms. The van der Waals surface area contributed by atoms with Gasteiger partial charge < -0.3 is 10.4 Å². The van der Waals surface area contributed by atoms with Gasteiger partial charge in [-0.05, 0) is 31.2 Å². The lowest BCUT2D eigenvalue weighted by atomic mass is 9.84. The molecule has 104 valence electrons. The summed E-state index contributed by atoms with van der Waals surface area (Å²) >= 11 is 0. The number of hydrogen-bond donors (Lipinski definition) is 2. The lowest BCUT2D eigenvalue weighted by Gasteiger charge is -2.34. The van der Waals surface area contributed by atoms with Gasteiger partial charge in [0.25, 0.3) is 0 Å². The van der Waals surface area contributed by atoms with Crippen LogP contribution in [0.2, 0.25) is 0 Å². The summed E-state index contributed by atoms with van der Waals surface area (Å²) in [6, 6.07) is 7.78. The van der Waals surface area contributed by atoms with Crippen LogP contribution >= 0.6 is 0 Å². The second-order valence-corrected chi connectivity index (χ2v) is 5.34. The second kappa shape index (κ2) is 5.74. The molecule has 1 aliphatic rings. The Balaban J connectivity index is 2.22. The maximum Gasteiger partial charge on any atom is 0.225 e. The van der Waals surface area contributed by atoms with E-state index in [0.29, 0.717) is 6.42 Å². The average molecular weight is 261 g/mol. The summed E-state index contributed by atoms with van der Waals surface area (Å²) in [6.45, 7) is 3.95. The molecular formula is C16H23NO2. The number of rotatable bonds is 5. The van der Waals surface area contributed by atoms with Crippen molar-refractivity contribution in [3.63, 3.8) is 0 Å². The fourth-order valence-corrected chi connectivity index (χ4v) is 2.55. The van der Waals surface area contributed by atoms with Crippen molar-refractivity contribution < 1.29 is 9.90 Å². The Hall–Kier alpha value is -1.35. The number of benzene rings is 1. The van der Waals surface area contributed by atoms with Crippen molar-refractivity contribution in [1.82, 2.24) is 5.32 Å². The molecule has 1 unspecified atom stereocenters. The Morgan fingerprint density at radius 3 is 2.58 bits per heavy atom. The molecule has 0 saturated heterocycles. The van der Waals surface area contributed by atoms with Crippen LogP contribution in [-0.2, 0) is 16.9 Å². The van der Waals surface area contributed by atoms with Crippen molar-refractivity contribution >= 4 is 5.91 Å². The van der Waals surface area contributed by atoms with Crippen molar-refractivity contribution in [3.8, 4) is 0 Å². The van der Waals surface area contributed by atoms with Gasteiger partial charge in [0.1, 0.15) is 0 Å². The normalized spacial score (nSPS) is 18.5. The molecule has 0 heterocycles. The third kappa shape index (κ3) is 2.81. The van der Waals surface area contributed by atoms with Gasteiger partial charge in [0, 0.05) is 11.5 Å². The minimum Gasteiger partial charge on any atom is -0.367 e. The Morgan fingerprint density at radius 1 is 1.37 bits per heavy atom. The van der Waals surface area contributed by atoms with Gasteiger partial charge in [-0.25, -0.2) is 0 Å². The minimum absolute atomic E-state index is 0.0125. The first-order chi connectivity index (χ1) is 9.10. The number of nitrogens with one attached hydrogen (secondary N) is 1. The van der Waals surface area contributed by atoms with Crippen LogP contribution in [0.25, 0.3) is 0 Å². The van der Waals surface area contributed by atoms with Crippen LogP contribution in [0.1, 0.15) is 50.7 Å². The Labute approximate surface area is 115 Å². The summed E-state index contributed by atoms with van der Waals surface area (Å²) in [4.78, 5) is 12.1. The highest BCUT2D eigenvalue weighted by molar-refractivity contribution is 5.80. The van der Waals surface area contributed by atoms with Crippen molar-refractivity contribution in [3.05, 3.63) is 35.4 Å². The van der Waals surface area contributed by atoms with Gasteiger partial charge in [0.15, 0.2) is 5.72 Å². The number of aliphatic hydroxyl groups is 1. The lowest BCUT2D eigenvalue weighted by Crippen LogP contribution is -2.49. The van der Waals surface area contributed by atoms with E-state index in [9.17, 15) is 9.90 Å². The van der Waals surface area contributed by atoms with Crippen LogP contribution in [0.15, 0.2) is 24.3 Å². The van der Waals surface area contributed by atoms with Crippen molar-refractivity contribution in [2.45, 2.75) is 51.7 Å². The van der Waals surface area contributed by atoms with E-state index in [1.54, 1.807) is 0 Å². The van der Waals surface area contributed by atoms with E-state index in [1.165, 1.54) is 0 Å². The van der Waals surface area contributed by atoms with Crippen LogP contribution in [0, 0.1) is 5.92 Å². The highest BCUT2D eigenvalue weighted by Gasteiger charge is 2.35. The zero-order valence-electron chi connectivity index (χ0n) is 11.8. The summed E-state index contributed by atoms with van der Waals surface area (Å²) in [5.74, 6) is 0.0772. The molecule has 1 aliphatic carbocycles. The Kier molecular flexibility index (Phi) is 4.25. The van der Waals surface area contributed by atoms with Gasteiger partial charge >= 0.3 is 0 Å². The minimum atomic E-state index is -1.24. The quantitative estimate of drug-likeness (QED) is 0.801. The first kappa shape index (κ1) is 14.1. The third-order valence-corrected chi connectivity index (χ3v) is 4.16. The van der Waals surface area contributed by atoms with Crippen molar-refractivity contribution in [2.24, 2.45) is 5.92 Å². The van der Waals surface area contributed by atoms with E-state index < -0.39 is 5.72 Å². The number of carbonyl (C=O) groups is 1. The van der Waals surface area contributed by atoms with E-state index in [-0.39, 0.29) is 11.8 Å². The summed E-state index contributed by atoms with van der Waals surface area (Å²) in [5, 5.41) is 13.7. The molecule has 0 spiro atoms. The molecule has 3 heteroatoms. The van der Waals surface area contributed by atoms with Crippen LogP contribution in [0.3, 0.4) is 0 Å².